The van der Waals surface area contributed by atoms with Gasteiger partial charge < -0.3 is 31.0 Å². The number of oxime groups is 1. The van der Waals surface area contributed by atoms with Crippen molar-refractivity contribution in [3.8, 4) is 0 Å². The summed E-state index contributed by atoms with van der Waals surface area (Å²) >= 11 is 8.43. The van der Waals surface area contributed by atoms with E-state index in [9.17, 15) is 24.3 Å². The third-order valence-corrected chi connectivity index (χ3v) is 11.2. The maximum atomic E-state index is 14.0. The number of benzene rings is 2. The number of aliphatic carboxylic acids is 1. The van der Waals surface area contributed by atoms with Gasteiger partial charge in [-0.15, -0.1) is 0 Å². The molecule has 17 heteroatoms. The molecule has 5 N–H and O–H groups in total. The lowest BCUT2D eigenvalue weighted by molar-refractivity contribution is -0.156. The Morgan fingerprint density at radius 1 is 1.09 bits per heavy atom. The minimum atomic E-state index is -1.32. The first kappa shape index (κ1) is 39.2. The summed E-state index contributed by atoms with van der Waals surface area (Å²) in [5.41, 5.74) is 6.89. The highest BCUT2D eigenvalue weighted by molar-refractivity contribution is 8.03. The zero-order chi connectivity index (χ0) is 39.4. The molecule has 4 aromatic rings. The number of hydrogen-bond donors (Lipinski definition) is 4. The van der Waals surface area contributed by atoms with E-state index in [1.54, 1.807) is 39.1 Å². The Hall–Kier alpha value is -5.45. The summed E-state index contributed by atoms with van der Waals surface area (Å²) < 4.78 is 5.51. The fourth-order valence-corrected chi connectivity index (χ4v) is 8.89. The highest BCUT2D eigenvalue weighted by atomic mass is 35.5. The number of nitrogens with two attached hydrogens (primary N) is 1. The second-order valence-electron chi connectivity index (χ2n) is 13.6. The van der Waals surface area contributed by atoms with Crippen LogP contribution < -0.4 is 16.4 Å². The number of hydrogen-bond acceptors (Lipinski definition) is 12. The van der Waals surface area contributed by atoms with Crippen LogP contribution in [0.5, 0.6) is 0 Å². The maximum absolute atomic E-state index is 14.0. The number of nitrogens with zero attached hydrogens (tertiary/aromatic N) is 4. The Morgan fingerprint density at radius 3 is 2.31 bits per heavy atom. The van der Waals surface area contributed by atoms with E-state index >= 15 is 0 Å². The van der Waals surface area contributed by atoms with Gasteiger partial charge in [-0.1, -0.05) is 101 Å². The highest BCUT2D eigenvalue weighted by Gasteiger charge is 2.57. The summed E-state index contributed by atoms with van der Waals surface area (Å²) in [6.45, 7) is 5.27. The molecule has 14 nitrogen and oxygen atoms in total. The number of thioether (sulfide) groups is 1. The summed E-state index contributed by atoms with van der Waals surface area (Å²) in [6.07, 6.45) is 1.20. The molecular formula is C38H38ClN7O7S2. The lowest BCUT2D eigenvalue weighted by Crippen LogP contribution is -2.72. The molecule has 0 spiro atoms. The average molecular weight is 804 g/mol. The molecule has 3 atom stereocenters. The number of carboxylic acid groups (broad SMARTS) is 1. The van der Waals surface area contributed by atoms with Crippen molar-refractivity contribution in [2.24, 2.45) is 11.1 Å². The molecule has 6 rings (SSSR count). The zero-order valence-electron chi connectivity index (χ0n) is 30.2. The van der Waals surface area contributed by atoms with Gasteiger partial charge in [0.25, 0.3) is 11.8 Å². The fraction of sp³-hybridized carbons (Fsp3) is 0.289. The molecule has 0 radical (unpaired) electrons. The molecule has 1 fully saturated rings. The molecular weight excluding hydrogens is 766 g/mol. The molecule has 55 heavy (non-hydrogen) atoms. The number of amides is 3. The number of pyridine rings is 1. The number of carbonyl (C=O) groups excluding carboxylic acids is 3. The first-order valence-corrected chi connectivity index (χ1v) is 19.1. The van der Waals surface area contributed by atoms with Crippen molar-refractivity contribution >= 4 is 69.4 Å². The van der Waals surface area contributed by atoms with Crippen LogP contribution in [0.3, 0.4) is 0 Å². The predicted molar refractivity (Wildman–Crippen MR) is 208 cm³/mol. The Bertz CT molecular complexity index is 2120. The molecule has 0 bridgehead atoms. The molecule has 0 aliphatic carbocycles. The van der Waals surface area contributed by atoms with E-state index in [1.807, 2.05) is 60.7 Å². The van der Waals surface area contributed by atoms with Crippen molar-refractivity contribution < 1.29 is 33.9 Å². The number of fused-ring (bicyclic) bond motifs is 1. The number of nitrogens with one attached hydrogen (secondary N) is 2. The van der Waals surface area contributed by atoms with Crippen molar-refractivity contribution in [3.05, 3.63) is 116 Å². The minimum Gasteiger partial charge on any atom is -0.477 e. The summed E-state index contributed by atoms with van der Waals surface area (Å²) in [5.74, 6) is -3.65. The summed E-state index contributed by atoms with van der Waals surface area (Å²) in [6, 6.07) is 21.0. The van der Waals surface area contributed by atoms with Crippen LogP contribution in [0.25, 0.3) is 0 Å². The van der Waals surface area contributed by atoms with E-state index < -0.39 is 47.5 Å². The standard InChI is InChI=1S/C38H38ClN7O7S2/c1-38(2,3)53-37(51)42-19-23-25(16-11-17-41-23)54-31-22(26(20-12-7-5-8-13-20)21-14-9-6-10-15-21)18-24-27(34(48)46(24)30(31)35(49)50)43-33(47)29(45-52-4)28-32(39)55-36(40)44-28/h5-17,22,24,26-27H,18-19H2,1-4H3,(H2,40,44)(H,42,51)(H,43,47)(H,49,50)/t22?,24-,27+/m1/s1. The number of carboxylic acids is 1. The fourth-order valence-electron chi connectivity index (χ4n) is 6.67. The van der Waals surface area contributed by atoms with Gasteiger partial charge in [-0.3, -0.25) is 19.5 Å². The normalized spacial score (nSPS) is 18.4. The second-order valence-corrected chi connectivity index (χ2v) is 16.3. The minimum absolute atomic E-state index is 0.00136. The van der Waals surface area contributed by atoms with Gasteiger partial charge in [-0.25, -0.2) is 14.6 Å². The Morgan fingerprint density at radius 2 is 1.75 bits per heavy atom. The number of alkyl carbamates (subject to hydrolysis) is 1. The van der Waals surface area contributed by atoms with Crippen molar-refractivity contribution in [2.75, 3.05) is 12.8 Å². The van der Waals surface area contributed by atoms with E-state index in [0.29, 0.717) is 15.5 Å². The molecule has 1 unspecified atom stereocenters. The van der Waals surface area contributed by atoms with Gasteiger partial charge in [-0.2, -0.15) is 0 Å². The number of halogens is 1. The van der Waals surface area contributed by atoms with Crippen LogP contribution in [-0.2, 0) is 30.5 Å². The first-order valence-electron chi connectivity index (χ1n) is 17.1. The number of aromatic nitrogens is 2. The molecule has 2 aliphatic heterocycles. The van der Waals surface area contributed by atoms with E-state index in [4.69, 9.17) is 26.9 Å². The topological polar surface area (TPSA) is 198 Å². The van der Waals surface area contributed by atoms with Crippen LogP contribution in [-0.4, -0.2) is 74.4 Å². The van der Waals surface area contributed by atoms with Crippen LogP contribution in [0.15, 0.2) is 99.6 Å². The predicted octanol–water partition coefficient (Wildman–Crippen LogP) is 5.79. The lowest BCUT2D eigenvalue weighted by atomic mass is 9.71. The van der Waals surface area contributed by atoms with Gasteiger partial charge in [0.05, 0.1) is 18.3 Å². The molecule has 2 aliphatic rings. The van der Waals surface area contributed by atoms with Crippen molar-refractivity contribution in [1.82, 2.24) is 25.5 Å². The van der Waals surface area contributed by atoms with Gasteiger partial charge in [0.15, 0.2) is 10.8 Å². The van der Waals surface area contributed by atoms with Crippen molar-refractivity contribution in [3.63, 3.8) is 0 Å². The van der Waals surface area contributed by atoms with E-state index in [1.165, 1.54) is 23.8 Å². The highest BCUT2D eigenvalue weighted by Crippen LogP contribution is 2.52. The summed E-state index contributed by atoms with van der Waals surface area (Å²) in [4.78, 5) is 69.5. The Kier molecular flexibility index (Phi) is 11.8. The maximum Gasteiger partial charge on any atom is 0.407 e. The molecule has 1 saturated heterocycles. The number of rotatable bonds is 12. The van der Waals surface area contributed by atoms with E-state index in [0.717, 1.165) is 22.5 Å². The molecule has 2 aromatic heterocycles. The number of thiazole rings is 1. The van der Waals surface area contributed by atoms with Crippen LogP contribution in [0, 0.1) is 5.92 Å². The van der Waals surface area contributed by atoms with Crippen LogP contribution in [0.2, 0.25) is 4.34 Å². The van der Waals surface area contributed by atoms with Gasteiger partial charge in [0, 0.05) is 27.8 Å². The zero-order valence-corrected chi connectivity index (χ0v) is 32.6. The molecule has 2 aromatic carbocycles. The van der Waals surface area contributed by atoms with Crippen LogP contribution in [0.1, 0.15) is 55.6 Å². The quantitative estimate of drug-likeness (QED) is 0.0769. The largest absolute Gasteiger partial charge is 0.477 e. The number of nitrogen functional groups attached to an aromatic ring is 1. The third kappa shape index (κ3) is 8.61. The van der Waals surface area contributed by atoms with Gasteiger partial charge >= 0.3 is 12.1 Å². The Labute approximate surface area is 330 Å². The van der Waals surface area contributed by atoms with Crippen LogP contribution in [0.4, 0.5) is 9.93 Å². The summed E-state index contributed by atoms with van der Waals surface area (Å²) in [5, 5.41) is 20.3. The number of β-lactam (4-membered cyclic amide) rings is 1. The van der Waals surface area contributed by atoms with Crippen molar-refractivity contribution in [2.45, 2.75) is 62.2 Å². The Balaban J connectivity index is 1.43. The SMILES string of the molecule is CON=C(C(=O)N[C@@H]1C(=O)N2C(C(=O)O)=C(Sc3cccnc3CNC(=O)OC(C)(C)C)C(C(c3ccccc3)c3ccccc3)C[C@H]12)c1nc(N)sc1Cl. The number of carbonyl (C=O) groups is 4. The number of allylic oxidation sites excluding steroid dienone is 1. The molecule has 4 heterocycles. The second kappa shape index (κ2) is 16.5. The molecule has 286 valence electrons. The molecule has 3 amide bonds. The van der Waals surface area contributed by atoms with E-state index in [2.05, 4.69) is 25.8 Å². The van der Waals surface area contributed by atoms with Crippen molar-refractivity contribution in [1.29, 1.82) is 0 Å². The first-order chi connectivity index (χ1) is 26.3. The van der Waals surface area contributed by atoms with Gasteiger partial charge in [0.2, 0.25) is 0 Å². The number of ether oxygens (including phenoxy) is 1. The molecule has 0 saturated carbocycles. The summed E-state index contributed by atoms with van der Waals surface area (Å²) in [7, 11) is 1.25. The smallest absolute Gasteiger partial charge is 0.407 e. The van der Waals surface area contributed by atoms with Gasteiger partial charge in [-0.05, 0) is 50.5 Å². The van der Waals surface area contributed by atoms with E-state index in [-0.39, 0.29) is 45.5 Å². The third-order valence-electron chi connectivity index (χ3n) is 8.83. The monoisotopic (exact) mass is 803 g/mol. The van der Waals surface area contributed by atoms with Gasteiger partial charge in [0.1, 0.15) is 34.5 Å². The average Bonchev–Trinajstić information content (AvgIpc) is 3.49. The van der Waals surface area contributed by atoms with Crippen LogP contribution >= 0.6 is 34.7 Å². The lowest BCUT2D eigenvalue weighted by Gasteiger charge is -2.53. The number of anilines is 1.